The molecule has 0 saturated heterocycles. The number of amides is 1. The third-order valence-corrected chi connectivity index (χ3v) is 5.15. The number of carbonyl (C=O) groups is 1. The van der Waals surface area contributed by atoms with E-state index < -0.39 is 0 Å². The lowest BCUT2D eigenvalue weighted by Crippen LogP contribution is -2.32. The Morgan fingerprint density at radius 2 is 2.20 bits per heavy atom. The first-order chi connectivity index (χ1) is 12.0. The van der Waals surface area contributed by atoms with Crippen molar-refractivity contribution in [2.45, 2.75) is 30.7 Å². The van der Waals surface area contributed by atoms with Gasteiger partial charge in [0.05, 0.1) is 5.25 Å². The number of ether oxygens (including phenoxy) is 1. The zero-order chi connectivity index (χ0) is 18.2. The van der Waals surface area contributed by atoms with Crippen LogP contribution in [0.25, 0.3) is 11.4 Å². The summed E-state index contributed by atoms with van der Waals surface area (Å²) < 4.78 is 7.53. The summed E-state index contributed by atoms with van der Waals surface area (Å²) in [5.74, 6) is 6.59. The van der Waals surface area contributed by atoms with Crippen LogP contribution in [-0.4, -0.2) is 45.8 Å². The zero-order valence-corrected chi connectivity index (χ0v) is 16.6. The summed E-state index contributed by atoms with van der Waals surface area (Å²) in [7, 11) is 0. The van der Waals surface area contributed by atoms with E-state index in [-0.39, 0.29) is 11.2 Å². The van der Waals surface area contributed by atoms with Crippen LogP contribution in [0.2, 0.25) is 0 Å². The van der Waals surface area contributed by atoms with Gasteiger partial charge in [-0.2, -0.15) is 0 Å². The third kappa shape index (κ3) is 5.45. The SMILES string of the molecule is CCOCCCNC(=O)C(C)Sc1nnc(-c2ccccc2Br)n1N. The van der Waals surface area contributed by atoms with E-state index >= 15 is 0 Å². The highest BCUT2D eigenvalue weighted by molar-refractivity contribution is 9.10. The number of hydrogen-bond donors (Lipinski definition) is 2. The number of nitrogens with two attached hydrogens (primary N) is 1. The van der Waals surface area contributed by atoms with Crippen molar-refractivity contribution in [2.75, 3.05) is 25.6 Å². The summed E-state index contributed by atoms with van der Waals surface area (Å²) in [5, 5.41) is 11.3. The molecule has 0 aliphatic rings. The van der Waals surface area contributed by atoms with Gasteiger partial charge in [-0.3, -0.25) is 4.79 Å². The molecule has 1 amide bonds. The molecule has 1 aromatic heterocycles. The lowest BCUT2D eigenvalue weighted by Gasteiger charge is -2.11. The first-order valence-corrected chi connectivity index (χ1v) is 9.69. The van der Waals surface area contributed by atoms with E-state index in [0.29, 0.717) is 30.7 Å². The number of nitrogens with zero attached hydrogens (tertiary/aromatic N) is 3. The number of nitrogen functional groups attached to an aromatic ring is 1. The summed E-state index contributed by atoms with van der Waals surface area (Å²) in [4.78, 5) is 12.1. The molecule has 9 heteroatoms. The highest BCUT2D eigenvalue weighted by atomic mass is 79.9. The number of benzene rings is 1. The monoisotopic (exact) mass is 427 g/mol. The van der Waals surface area contributed by atoms with Gasteiger partial charge in [-0.15, -0.1) is 10.2 Å². The molecule has 0 radical (unpaired) electrons. The zero-order valence-electron chi connectivity index (χ0n) is 14.2. The van der Waals surface area contributed by atoms with E-state index in [9.17, 15) is 4.79 Å². The van der Waals surface area contributed by atoms with E-state index in [2.05, 4.69) is 31.4 Å². The Morgan fingerprint density at radius 1 is 1.44 bits per heavy atom. The van der Waals surface area contributed by atoms with Gasteiger partial charge in [-0.25, -0.2) is 4.68 Å². The molecule has 136 valence electrons. The third-order valence-electron chi connectivity index (χ3n) is 3.40. The molecule has 1 aromatic carbocycles. The fourth-order valence-electron chi connectivity index (χ4n) is 2.07. The highest BCUT2D eigenvalue weighted by Crippen LogP contribution is 2.29. The van der Waals surface area contributed by atoms with Gasteiger partial charge in [0.2, 0.25) is 11.1 Å². The van der Waals surface area contributed by atoms with Crippen molar-refractivity contribution in [1.82, 2.24) is 20.2 Å². The van der Waals surface area contributed by atoms with Crippen LogP contribution in [-0.2, 0) is 9.53 Å². The Kier molecular flexibility index (Phi) is 7.73. The Hall–Kier alpha value is -1.58. The molecule has 3 N–H and O–H groups in total. The van der Waals surface area contributed by atoms with Crippen LogP contribution in [0.4, 0.5) is 0 Å². The highest BCUT2D eigenvalue weighted by Gasteiger charge is 2.20. The van der Waals surface area contributed by atoms with Crippen LogP contribution in [0.5, 0.6) is 0 Å². The lowest BCUT2D eigenvalue weighted by atomic mass is 10.2. The second kappa shape index (κ2) is 9.79. The number of aromatic nitrogens is 3. The van der Waals surface area contributed by atoms with Crippen molar-refractivity contribution in [1.29, 1.82) is 0 Å². The molecular weight excluding hydrogens is 406 g/mol. The summed E-state index contributed by atoms with van der Waals surface area (Å²) in [6, 6.07) is 7.63. The minimum Gasteiger partial charge on any atom is -0.382 e. The van der Waals surface area contributed by atoms with Crippen LogP contribution in [0.3, 0.4) is 0 Å². The average molecular weight is 428 g/mol. The maximum Gasteiger partial charge on any atom is 0.233 e. The van der Waals surface area contributed by atoms with Crippen LogP contribution in [0.15, 0.2) is 33.9 Å². The number of halogens is 1. The van der Waals surface area contributed by atoms with Crippen LogP contribution in [0, 0.1) is 0 Å². The molecule has 0 aliphatic heterocycles. The van der Waals surface area contributed by atoms with Crippen molar-refractivity contribution in [3.63, 3.8) is 0 Å². The first kappa shape index (κ1) is 19.7. The Bertz CT molecular complexity index is 710. The normalized spacial score (nSPS) is 12.1. The maximum atomic E-state index is 12.1. The minimum absolute atomic E-state index is 0.0630. The molecule has 1 unspecified atom stereocenters. The van der Waals surface area contributed by atoms with Crippen molar-refractivity contribution in [3.8, 4) is 11.4 Å². The van der Waals surface area contributed by atoms with Crippen LogP contribution in [0.1, 0.15) is 20.3 Å². The largest absolute Gasteiger partial charge is 0.382 e. The molecule has 0 saturated carbocycles. The van der Waals surface area contributed by atoms with Crippen LogP contribution >= 0.6 is 27.7 Å². The van der Waals surface area contributed by atoms with E-state index in [4.69, 9.17) is 10.6 Å². The topological polar surface area (TPSA) is 95.1 Å². The van der Waals surface area contributed by atoms with Gasteiger partial charge in [0.1, 0.15) is 0 Å². The van der Waals surface area contributed by atoms with Gasteiger partial charge >= 0.3 is 0 Å². The second-order valence-electron chi connectivity index (χ2n) is 5.26. The van der Waals surface area contributed by atoms with Gasteiger partial charge in [0, 0.05) is 29.8 Å². The Morgan fingerprint density at radius 3 is 2.92 bits per heavy atom. The summed E-state index contributed by atoms with van der Waals surface area (Å²) in [6.07, 6.45) is 0.788. The van der Waals surface area contributed by atoms with Crippen molar-refractivity contribution < 1.29 is 9.53 Å². The summed E-state index contributed by atoms with van der Waals surface area (Å²) in [5.41, 5.74) is 0.845. The number of rotatable bonds is 9. The lowest BCUT2D eigenvalue weighted by molar-refractivity contribution is -0.120. The number of hydrogen-bond acceptors (Lipinski definition) is 6. The first-order valence-electron chi connectivity index (χ1n) is 8.02. The molecular formula is C16H22BrN5O2S. The smallest absolute Gasteiger partial charge is 0.233 e. The molecule has 0 aliphatic carbocycles. The standard InChI is InChI=1S/C16H22BrN5O2S/c1-3-24-10-6-9-19-15(23)11(2)25-16-21-20-14(22(16)18)12-7-4-5-8-13(12)17/h4-5,7-8,11H,3,6,9-10,18H2,1-2H3,(H,19,23). The predicted octanol–water partition coefficient (Wildman–Crippen LogP) is 2.44. The Labute approximate surface area is 159 Å². The van der Waals surface area contributed by atoms with Crippen molar-refractivity contribution >= 4 is 33.6 Å². The molecule has 0 spiro atoms. The second-order valence-corrected chi connectivity index (χ2v) is 7.42. The summed E-state index contributed by atoms with van der Waals surface area (Å²) in [6.45, 7) is 5.68. The van der Waals surface area contributed by atoms with E-state index in [1.807, 2.05) is 38.1 Å². The maximum absolute atomic E-state index is 12.1. The molecule has 25 heavy (non-hydrogen) atoms. The van der Waals surface area contributed by atoms with E-state index in [0.717, 1.165) is 16.5 Å². The molecule has 0 bridgehead atoms. The number of carbonyl (C=O) groups excluding carboxylic acids is 1. The average Bonchev–Trinajstić information content (AvgIpc) is 2.95. The quantitative estimate of drug-likeness (QED) is 0.362. The Balaban J connectivity index is 1.94. The minimum atomic E-state index is -0.328. The van der Waals surface area contributed by atoms with Crippen molar-refractivity contribution in [3.05, 3.63) is 28.7 Å². The molecule has 7 nitrogen and oxygen atoms in total. The number of thioether (sulfide) groups is 1. The van der Waals surface area contributed by atoms with E-state index in [1.54, 1.807) is 0 Å². The van der Waals surface area contributed by atoms with Gasteiger partial charge in [0.15, 0.2) is 5.82 Å². The molecule has 2 aromatic rings. The van der Waals surface area contributed by atoms with Crippen molar-refractivity contribution in [2.24, 2.45) is 0 Å². The molecule has 1 atom stereocenters. The van der Waals surface area contributed by atoms with Gasteiger partial charge in [-0.05, 0) is 32.4 Å². The van der Waals surface area contributed by atoms with Gasteiger partial charge < -0.3 is 15.9 Å². The molecule has 0 fully saturated rings. The van der Waals surface area contributed by atoms with Gasteiger partial charge in [-0.1, -0.05) is 39.8 Å². The predicted molar refractivity (Wildman–Crippen MR) is 103 cm³/mol. The van der Waals surface area contributed by atoms with Crippen LogP contribution < -0.4 is 11.2 Å². The van der Waals surface area contributed by atoms with E-state index in [1.165, 1.54) is 16.4 Å². The summed E-state index contributed by atoms with van der Waals surface area (Å²) >= 11 is 4.75. The van der Waals surface area contributed by atoms with Gasteiger partial charge in [0.25, 0.3) is 0 Å². The number of nitrogens with one attached hydrogen (secondary N) is 1. The fraction of sp³-hybridized carbons (Fsp3) is 0.438. The molecule has 1 heterocycles. The molecule has 2 rings (SSSR count). The fourth-order valence-corrected chi connectivity index (χ4v) is 3.33.